The van der Waals surface area contributed by atoms with E-state index in [1.807, 2.05) is 6.07 Å². The molecule has 6 heteroatoms. The number of aliphatic imine (C=N–C) groups is 1. The third-order valence-electron chi connectivity index (χ3n) is 6.26. The van der Waals surface area contributed by atoms with Crippen LogP contribution in [-0.4, -0.2) is 52.5 Å². The molecule has 0 bridgehead atoms. The maximum Gasteiger partial charge on any atom is 0.177 e. The number of anilines is 1. The van der Waals surface area contributed by atoms with Gasteiger partial charge in [0.15, 0.2) is 11.5 Å². The Morgan fingerprint density at radius 2 is 1.96 bits per heavy atom. The van der Waals surface area contributed by atoms with Crippen molar-refractivity contribution >= 4 is 17.3 Å². The quantitative estimate of drug-likeness (QED) is 0.859. The largest absolute Gasteiger partial charge is 0.384 e. The molecule has 0 amide bonds. The number of benzene rings is 1. The lowest BCUT2D eigenvalue weighted by molar-refractivity contribution is 0.0664. The normalized spacial score (nSPS) is 25.7. The van der Waals surface area contributed by atoms with Crippen LogP contribution >= 0.6 is 0 Å². The second-order valence-electron chi connectivity index (χ2n) is 8.29. The summed E-state index contributed by atoms with van der Waals surface area (Å²) < 4.78 is 0. The Balaban J connectivity index is 1.33. The number of amidine groups is 1. The summed E-state index contributed by atoms with van der Waals surface area (Å²) in [5.41, 5.74) is 9.92. The molecule has 6 nitrogen and oxygen atoms in total. The fourth-order valence-corrected chi connectivity index (χ4v) is 4.69. The van der Waals surface area contributed by atoms with Gasteiger partial charge in [-0.05, 0) is 37.5 Å². The number of aromatic nitrogens is 1. The summed E-state index contributed by atoms with van der Waals surface area (Å²) in [7, 11) is 0. The summed E-state index contributed by atoms with van der Waals surface area (Å²) in [6.07, 6.45) is 4.16. The third-order valence-corrected chi connectivity index (χ3v) is 6.26. The molecule has 2 aromatic rings. The topological polar surface area (TPSA) is 69.8 Å². The van der Waals surface area contributed by atoms with Gasteiger partial charge in [0.2, 0.25) is 0 Å². The zero-order valence-corrected chi connectivity index (χ0v) is 16.4. The van der Waals surface area contributed by atoms with Crippen molar-refractivity contribution in [3.63, 3.8) is 0 Å². The van der Waals surface area contributed by atoms with E-state index in [2.05, 4.69) is 57.4 Å². The molecule has 28 heavy (non-hydrogen) atoms. The summed E-state index contributed by atoms with van der Waals surface area (Å²) in [6.45, 7) is 7.22. The van der Waals surface area contributed by atoms with Crippen molar-refractivity contribution in [3.8, 4) is 0 Å². The third kappa shape index (κ3) is 3.06. The van der Waals surface area contributed by atoms with Crippen LogP contribution in [0.15, 0.2) is 47.6 Å². The van der Waals surface area contributed by atoms with E-state index in [0.717, 1.165) is 38.4 Å². The number of fused-ring (bicyclic) bond motifs is 1. The lowest BCUT2D eigenvalue weighted by Crippen LogP contribution is -2.68. The van der Waals surface area contributed by atoms with Crippen LogP contribution in [0.25, 0.3) is 0 Å². The predicted molar refractivity (Wildman–Crippen MR) is 113 cm³/mol. The van der Waals surface area contributed by atoms with Gasteiger partial charge in [-0.3, -0.25) is 9.80 Å². The minimum atomic E-state index is -0.356. The molecule has 0 spiro atoms. The smallest absolute Gasteiger partial charge is 0.177 e. The number of pyridine rings is 1. The molecule has 0 radical (unpaired) electrons. The van der Waals surface area contributed by atoms with E-state index >= 15 is 0 Å². The molecule has 3 heterocycles. The minimum Gasteiger partial charge on any atom is -0.384 e. The van der Waals surface area contributed by atoms with Crippen molar-refractivity contribution in [1.29, 1.82) is 0 Å². The van der Waals surface area contributed by atoms with Crippen molar-refractivity contribution in [2.45, 2.75) is 32.0 Å². The first-order valence-electron chi connectivity index (χ1n) is 10.3. The van der Waals surface area contributed by atoms with Gasteiger partial charge in [-0.2, -0.15) is 0 Å². The Labute approximate surface area is 166 Å². The molecule has 2 aliphatic heterocycles. The number of hydrogen-bond acceptors (Lipinski definition) is 6. The van der Waals surface area contributed by atoms with Crippen molar-refractivity contribution in [2.75, 3.05) is 31.5 Å². The molecule has 3 N–H and O–H groups in total. The zero-order valence-electron chi connectivity index (χ0n) is 16.4. The van der Waals surface area contributed by atoms with Crippen molar-refractivity contribution in [3.05, 3.63) is 53.7 Å². The van der Waals surface area contributed by atoms with Crippen LogP contribution < -0.4 is 11.1 Å². The first-order valence-corrected chi connectivity index (χ1v) is 10.3. The summed E-state index contributed by atoms with van der Waals surface area (Å²) in [5, 5.41) is 3.75. The molecule has 1 saturated carbocycles. The van der Waals surface area contributed by atoms with Gasteiger partial charge >= 0.3 is 0 Å². The monoisotopic (exact) mass is 376 g/mol. The van der Waals surface area contributed by atoms with Crippen LogP contribution in [0.5, 0.6) is 0 Å². The molecule has 1 aliphatic carbocycles. The van der Waals surface area contributed by atoms with E-state index in [0.29, 0.717) is 17.6 Å². The molecule has 3 aliphatic rings. The molecule has 146 valence electrons. The highest BCUT2D eigenvalue weighted by molar-refractivity contribution is 5.98. The number of nitrogens with two attached hydrogens (primary N) is 1. The van der Waals surface area contributed by atoms with Gasteiger partial charge in [0.05, 0.1) is 5.69 Å². The van der Waals surface area contributed by atoms with Gasteiger partial charge < -0.3 is 11.1 Å². The molecule has 1 aromatic carbocycles. The zero-order chi connectivity index (χ0) is 19.1. The highest BCUT2D eigenvalue weighted by Gasteiger charge is 2.54. The summed E-state index contributed by atoms with van der Waals surface area (Å²) in [4.78, 5) is 14.1. The Hall–Kier alpha value is -2.44. The first kappa shape index (κ1) is 17.6. The predicted octanol–water partition coefficient (Wildman–Crippen LogP) is 2.73. The highest BCUT2D eigenvalue weighted by atomic mass is 15.4. The van der Waals surface area contributed by atoms with E-state index in [1.54, 1.807) is 6.20 Å². The Morgan fingerprint density at radius 1 is 1.14 bits per heavy atom. The van der Waals surface area contributed by atoms with Crippen LogP contribution in [0.4, 0.5) is 11.5 Å². The minimum absolute atomic E-state index is 0.356. The molecular weight excluding hydrogens is 348 g/mol. The van der Waals surface area contributed by atoms with Crippen LogP contribution in [0.2, 0.25) is 0 Å². The number of hydrogen-bond donors (Lipinski definition) is 2. The van der Waals surface area contributed by atoms with Crippen LogP contribution in [0.1, 0.15) is 24.0 Å². The number of rotatable bonds is 4. The molecule has 1 atom stereocenters. The van der Waals surface area contributed by atoms with Crippen molar-refractivity contribution in [1.82, 2.24) is 14.8 Å². The fraction of sp³-hybridized carbons (Fsp3) is 0.455. The maximum atomic E-state index is 6.57. The van der Waals surface area contributed by atoms with E-state index < -0.39 is 0 Å². The van der Waals surface area contributed by atoms with Gasteiger partial charge in [-0.15, -0.1) is 0 Å². The van der Waals surface area contributed by atoms with Gasteiger partial charge in [-0.25, -0.2) is 9.98 Å². The summed E-state index contributed by atoms with van der Waals surface area (Å²) in [6, 6.07) is 12.8. The highest BCUT2D eigenvalue weighted by Crippen LogP contribution is 2.47. The van der Waals surface area contributed by atoms with E-state index in [4.69, 9.17) is 10.7 Å². The SMILES string of the molecule is Cc1cccc(CN2CCN(C3(C4CC4)Nc4cccnc4N=C3N)CC2)c1. The van der Waals surface area contributed by atoms with Gasteiger partial charge in [0.25, 0.3) is 0 Å². The van der Waals surface area contributed by atoms with Crippen molar-refractivity contribution in [2.24, 2.45) is 16.6 Å². The molecule has 1 unspecified atom stereocenters. The second-order valence-corrected chi connectivity index (χ2v) is 8.29. The Morgan fingerprint density at radius 3 is 2.71 bits per heavy atom. The van der Waals surface area contributed by atoms with Crippen molar-refractivity contribution < 1.29 is 0 Å². The molecule has 5 rings (SSSR count). The van der Waals surface area contributed by atoms with E-state index in [9.17, 15) is 0 Å². The maximum absolute atomic E-state index is 6.57. The lowest BCUT2D eigenvalue weighted by Gasteiger charge is -2.49. The lowest BCUT2D eigenvalue weighted by atomic mass is 9.96. The van der Waals surface area contributed by atoms with Crippen LogP contribution in [-0.2, 0) is 6.54 Å². The standard InChI is InChI=1S/C22H28N6/c1-16-4-2-5-17(14-16)15-27-10-12-28(13-11-27)22(18-7-8-18)21(23)25-20-19(26-22)6-3-9-24-20/h2-6,9,14,18,26H,7-8,10-13,15H2,1H3,(H2,23,24,25). The van der Waals surface area contributed by atoms with Gasteiger partial charge in [-0.1, -0.05) is 29.8 Å². The van der Waals surface area contributed by atoms with Gasteiger partial charge in [0.1, 0.15) is 5.84 Å². The number of piperazine rings is 1. The fourth-order valence-electron chi connectivity index (χ4n) is 4.69. The number of nitrogens with one attached hydrogen (secondary N) is 1. The van der Waals surface area contributed by atoms with Gasteiger partial charge in [0, 0.05) is 44.8 Å². The van der Waals surface area contributed by atoms with E-state index in [1.165, 1.54) is 24.0 Å². The second kappa shape index (κ2) is 6.87. The Bertz CT molecular complexity index is 897. The number of nitrogens with zero attached hydrogens (tertiary/aromatic N) is 4. The summed E-state index contributed by atoms with van der Waals surface area (Å²) in [5.74, 6) is 1.90. The van der Waals surface area contributed by atoms with E-state index in [-0.39, 0.29) is 5.66 Å². The van der Waals surface area contributed by atoms with Crippen LogP contribution in [0, 0.1) is 12.8 Å². The Kier molecular flexibility index (Phi) is 4.33. The van der Waals surface area contributed by atoms with Crippen LogP contribution in [0.3, 0.4) is 0 Å². The molecule has 1 saturated heterocycles. The molecular formula is C22H28N6. The number of aryl methyl sites for hydroxylation is 1. The summed E-state index contributed by atoms with van der Waals surface area (Å²) >= 11 is 0. The first-order chi connectivity index (χ1) is 13.6. The average Bonchev–Trinajstić information content (AvgIpc) is 3.54. The molecule has 2 fully saturated rings. The molecule has 1 aromatic heterocycles. The average molecular weight is 377 g/mol.